The number of anilines is 2. The third kappa shape index (κ3) is 4.07. The number of aryl methyl sites for hydroxylation is 1. The van der Waals surface area contributed by atoms with E-state index in [2.05, 4.69) is 10.0 Å². The van der Waals surface area contributed by atoms with Gasteiger partial charge < -0.3 is 10.2 Å². The number of hydrogen-bond acceptors (Lipinski definition) is 5. The Kier molecular flexibility index (Phi) is 5.65. The number of halogens is 1. The minimum atomic E-state index is -4.27. The highest BCUT2D eigenvalue weighted by Crippen LogP contribution is 2.31. The molecule has 3 heterocycles. The second-order valence-electron chi connectivity index (χ2n) is 8.42. The van der Waals surface area contributed by atoms with Gasteiger partial charge in [-0.15, -0.1) is 11.3 Å². The lowest BCUT2D eigenvalue weighted by Crippen LogP contribution is -2.35. The number of amides is 2. The summed E-state index contributed by atoms with van der Waals surface area (Å²) >= 11 is 1.69. The van der Waals surface area contributed by atoms with E-state index in [1.807, 2.05) is 11.4 Å². The van der Waals surface area contributed by atoms with E-state index >= 15 is 0 Å². The van der Waals surface area contributed by atoms with E-state index in [4.69, 9.17) is 0 Å². The van der Waals surface area contributed by atoms with Gasteiger partial charge in [-0.1, -0.05) is 6.07 Å². The van der Waals surface area contributed by atoms with Crippen LogP contribution in [0, 0.1) is 12.7 Å². The lowest BCUT2D eigenvalue weighted by atomic mass is 10.0. The van der Waals surface area contributed by atoms with Gasteiger partial charge in [0.05, 0.1) is 5.69 Å². The molecule has 3 aromatic rings. The summed E-state index contributed by atoms with van der Waals surface area (Å²) in [5.74, 6) is -1.37. The number of hydrogen-bond donors (Lipinski definition) is 2. The maximum Gasteiger partial charge on any atom is 0.264 e. The second kappa shape index (κ2) is 8.52. The van der Waals surface area contributed by atoms with Crippen LogP contribution in [0.3, 0.4) is 0 Å². The number of sulfonamides is 1. The Hall–Kier alpha value is -3.24. The summed E-state index contributed by atoms with van der Waals surface area (Å²) in [7, 11) is -4.27. The predicted molar refractivity (Wildman–Crippen MR) is 128 cm³/mol. The molecule has 2 N–H and O–H groups in total. The highest BCUT2D eigenvalue weighted by Gasteiger charge is 2.27. The highest BCUT2D eigenvalue weighted by molar-refractivity contribution is 7.92. The van der Waals surface area contributed by atoms with Crippen molar-refractivity contribution in [2.75, 3.05) is 16.6 Å². The Balaban J connectivity index is 1.42. The maximum atomic E-state index is 14.7. The first-order valence-electron chi connectivity index (χ1n) is 10.8. The normalized spacial score (nSPS) is 15.4. The molecule has 0 fully saturated rings. The summed E-state index contributed by atoms with van der Waals surface area (Å²) in [4.78, 5) is 27.3. The number of thiophene rings is 1. The molecule has 7 nitrogen and oxygen atoms in total. The van der Waals surface area contributed by atoms with Crippen LogP contribution in [0.4, 0.5) is 15.8 Å². The molecule has 0 atom stereocenters. The van der Waals surface area contributed by atoms with E-state index in [1.54, 1.807) is 41.4 Å². The summed E-state index contributed by atoms with van der Waals surface area (Å²) in [5.41, 5.74) is 3.06. The number of benzene rings is 2. The average Bonchev–Trinajstić information content (AvgIpc) is 3.27. The fourth-order valence-corrected chi connectivity index (χ4v) is 6.48. The Bertz CT molecular complexity index is 1430. The first-order chi connectivity index (χ1) is 16.2. The van der Waals surface area contributed by atoms with Crippen LogP contribution in [0.2, 0.25) is 0 Å². The number of nitrogens with zero attached hydrogens (tertiary/aromatic N) is 1. The van der Waals surface area contributed by atoms with Crippen LogP contribution in [-0.2, 0) is 34.2 Å². The van der Waals surface area contributed by atoms with Crippen molar-refractivity contribution in [3.05, 3.63) is 74.7 Å². The van der Waals surface area contributed by atoms with Gasteiger partial charge in [0.15, 0.2) is 0 Å². The number of fused-ring (bicyclic) bond motifs is 2. The molecule has 10 heteroatoms. The number of nitrogens with one attached hydrogen (secondary N) is 2. The third-order valence-electron chi connectivity index (χ3n) is 6.25. The molecule has 0 aliphatic carbocycles. The van der Waals surface area contributed by atoms with Gasteiger partial charge in [-0.2, -0.15) is 0 Å². The summed E-state index contributed by atoms with van der Waals surface area (Å²) in [5, 5.41) is 4.58. The van der Waals surface area contributed by atoms with Crippen molar-refractivity contribution in [3.63, 3.8) is 0 Å². The standard InChI is InChI=1S/C24H22FN3O4S2/c1-14-17(24(30)28-9-7-21-16(13-28)8-10-33-21)3-2-4-19(14)27-34(31,32)22-11-15-5-6-23(29)26-20(15)12-18(22)25/h2-4,8,10-12,27H,5-7,9,13H2,1H3,(H,26,29). The summed E-state index contributed by atoms with van der Waals surface area (Å²) in [6.07, 6.45) is 1.33. The molecule has 176 valence electrons. The molecule has 34 heavy (non-hydrogen) atoms. The van der Waals surface area contributed by atoms with Crippen molar-refractivity contribution in [2.24, 2.45) is 0 Å². The molecule has 1 aromatic heterocycles. The minimum absolute atomic E-state index is 0.175. The average molecular weight is 500 g/mol. The van der Waals surface area contributed by atoms with Crippen LogP contribution in [0.25, 0.3) is 0 Å². The molecule has 0 saturated carbocycles. The highest BCUT2D eigenvalue weighted by atomic mass is 32.2. The largest absolute Gasteiger partial charge is 0.334 e. The van der Waals surface area contributed by atoms with E-state index in [9.17, 15) is 22.4 Å². The van der Waals surface area contributed by atoms with E-state index in [0.29, 0.717) is 36.2 Å². The fraction of sp³-hybridized carbons (Fsp3) is 0.250. The first kappa shape index (κ1) is 22.5. The predicted octanol–water partition coefficient (Wildman–Crippen LogP) is 4.08. The van der Waals surface area contributed by atoms with Crippen molar-refractivity contribution < 1.29 is 22.4 Å². The van der Waals surface area contributed by atoms with Crippen LogP contribution in [-0.4, -0.2) is 31.7 Å². The molecule has 0 bridgehead atoms. The SMILES string of the molecule is Cc1c(NS(=O)(=O)c2cc3c(cc2F)NC(=O)CC3)cccc1C(=O)N1CCc2sccc2C1. The van der Waals surface area contributed by atoms with Gasteiger partial charge in [0.2, 0.25) is 5.91 Å². The van der Waals surface area contributed by atoms with E-state index in [-0.39, 0.29) is 29.6 Å². The van der Waals surface area contributed by atoms with Crippen molar-refractivity contribution >= 4 is 44.5 Å². The second-order valence-corrected chi connectivity index (χ2v) is 11.1. The van der Waals surface area contributed by atoms with Crippen molar-refractivity contribution in [1.29, 1.82) is 0 Å². The number of rotatable bonds is 4. The Morgan fingerprint density at radius 2 is 1.97 bits per heavy atom. The molecular formula is C24H22FN3O4S2. The molecule has 2 amide bonds. The van der Waals surface area contributed by atoms with Crippen molar-refractivity contribution in [2.45, 2.75) is 37.6 Å². The van der Waals surface area contributed by atoms with Gasteiger partial charge in [-0.25, -0.2) is 12.8 Å². The smallest absolute Gasteiger partial charge is 0.264 e. The summed E-state index contributed by atoms with van der Waals surface area (Å²) in [6.45, 7) is 2.78. The minimum Gasteiger partial charge on any atom is -0.334 e. The molecule has 0 spiro atoms. The lowest BCUT2D eigenvalue weighted by Gasteiger charge is -2.28. The van der Waals surface area contributed by atoms with Crippen LogP contribution in [0.15, 0.2) is 46.7 Å². The van der Waals surface area contributed by atoms with Gasteiger partial charge in [-0.3, -0.25) is 14.3 Å². The third-order valence-corrected chi connectivity index (χ3v) is 8.65. The zero-order valence-electron chi connectivity index (χ0n) is 18.4. The van der Waals surface area contributed by atoms with Crippen LogP contribution in [0.1, 0.15) is 38.3 Å². The molecule has 2 aliphatic heterocycles. The van der Waals surface area contributed by atoms with E-state index in [0.717, 1.165) is 18.1 Å². The topological polar surface area (TPSA) is 95.6 Å². The lowest BCUT2D eigenvalue weighted by molar-refractivity contribution is -0.116. The van der Waals surface area contributed by atoms with Gasteiger partial charge >= 0.3 is 0 Å². The maximum absolute atomic E-state index is 14.7. The quantitative estimate of drug-likeness (QED) is 0.566. The molecule has 0 saturated heterocycles. The zero-order chi connectivity index (χ0) is 24.0. The van der Waals surface area contributed by atoms with Gasteiger partial charge in [0.25, 0.3) is 15.9 Å². The number of carbonyl (C=O) groups excluding carboxylic acids is 2. The molecule has 5 rings (SSSR count). The first-order valence-corrected chi connectivity index (χ1v) is 13.2. The van der Waals surface area contributed by atoms with Gasteiger partial charge in [0, 0.05) is 35.6 Å². The van der Waals surface area contributed by atoms with E-state index in [1.165, 1.54) is 10.9 Å². The van der Waals surface area contributed by atoms with Gasteiger partial charge in [-0.05, 0) is 72.2 Å². The van der Waals surface area contributed by atoms with Crippen LogP contribution in [0.5, 0.6) is 0 Å². The summed E-state index contributed by atoms with van der Waals surface area (Å²) in [6, 6.07) is 9.13. The van der Waals surface area contributed by atoms with Crippen LogP contribution < -0.4 is 10.0 Å². The molecule has 2 aromatic carbocycles. The van der Waals surface area contributed by atoms with Crippen molar-refractivity contribution in [3.8, 4) is 0 Å². The molecular weight excluding hydrogens is 477 g/mol. The zero-order valence-corrected chi connectivity index (χ0v) is 20.0. The molecule has 0 unspecified atom stereocenters. The molecule has 2 aliphatic rings. The van der Waals surface area contributed by atoms with Gasteiger partial charge in [0.1, 0.15) is 10.7 Å². The molecule has 0 radical (unpaired) electrons. The number of carbonyl (C=O) groups is 2. The monoisotopic (exact) mass is 499 g/mol. The van der Waals surface area contributed by atoms with Crippen LogP contribution >= 0.6 is 11.3 Å². The Morgan fingerprint density at radius 3 is 2.79 bits per heavy atom. The Labute approximate surface area is 200 Å². The van der Waals surface area contributed by atoms with Crippen molar-refractivity contribution in [1.82, 2.24) is 4.90 Å². The van der Waals surface area contributed by atoms with E-state index < -0.39 is 20.7 Å². The summed E-state index contributed by atoms with van der Waals surface area (Å²) < 4.78 is 43.3. The fourth-order valence-electron chi connectivity index (χ4n) is 4.36. The Morgan fingerprint density at radius 1 is 1.15 bits per heavy atom.